The second-order valence-corrected chi connectivity index (χ2v) is 6.81. The van der Waals surface area contributed by atoms with Crippen molar-refractivity contribution in [3.63, 3.8) is 0 Å². The van der Waals surface area contributed by atoms with Gasteiger partial charge in [-0.3, -0.25) is 14.7 Å². The van der Waals surface area contributed by atoms with E-state index in [0.29, 0.717) is 24.0 Å². The predicted octanol–water partition coefficient (Wildman–Crippen LogP) is 1.92. The van der Waals surface area contributed by atoms with Gasteiger partial charge in [0.2, 0.25) is 0 Å². The maximum Gasteiger partial charge on any atom is 0.414 e. The molecule has 0 bridgehead atoms. The van der Waals surface area contributed by atoms with Gasteiger partial charge in [-0.15, -0.1) is 0 Å². The number of piperidine rings is 1. The van der Waals surface area contributed by atoms with Crippen molar-refractivity contribution >= 4 is 11.9 Å². The maximum atomic E-state index is 13.6. The quantitative estimate of drug-likeness (QED) is 0.624. The lowest BCUT2D eigenvalue weighted by Gasteiger charge is -2.35. The van der Waals surface area contributed by atoms with E-state index in [-0.39, 0.29) is 17.4 Å². The molecule has 1 unspecified atom stereocenters. The van der Waals surface area contributed by atoms with Crippen LogP contribution in [0.1, 0.15) is 31.5 Å². The maximum absolute atomic E-state index is 13.6. The highest BCUT2D eigenvalue weighted by Crippen LogP contribution is 2.25. The number of likely N-dealkylation sites (tertiary alicyclic amines) is 1. The van der Waals surface area contributed by atoms with E-state index in [1.54, 1.807) is 30.6 Å². The van der Waals surface area contributed by atoms with Crippen LogP contribution in [-0.4, -0.2) is 56.7 Å². The molecule has 1 fully saturated rings. The van der Waals surface area contributed by atoms with Crippen LogP contribution in [0.2, 0.25) is 0 Å². The smallest absolute Gasteiger partial charge is 0.414 e. The van der Waals surface area contributed by atoms with Gasteiger partial charge in [0, 0.05) is 12.4 Å². The zero-order chi connectivity index (χ0) is 22.1. The molecule has 10 heteroatoms. The van der Waals surface area contributed by atoms with E-state index in [9.17, 15) is 9.18 Å². The average molecular weight is 421 g/mol. The number of ether oxygens (including phenoxy) is 1. The fourth-order valence-electron chi connectivity index (χ4n) is 3.11. The van der Waals surface area contributed by atoms with Crippen LogP contribution in [0.25, 0.3) is 0 Å². The first-order valence-electron chi connectivity index (χ1n) is 9.40. The van der Waals surface area contributed by atoms with Crippen molar-refractivity contribution in [2.45, 2.75) is 25.8 Å². The molecule has 0 aliphatic carbocycles. The predicted molar refractivity (Wildman–Crippen MR) is 105 cm³/mol. The van der Waals surface area contributed by atoms with Gasteiger partial charge in [-0.25, -0.2) is 14.0 Å². The summed E-state index contributed by atoms with van der Waals surface area (Å²) in [5, 5.41) is 14.8. The van der Waals surface area contributed by atoms with Crippen molar-refractivity contribution < 1.29 is 28.9 Å². The van der Waals surface area contributed by atoms with E-state index in [1.807, 2.05) is 6.92 Å². The fourth-order valence-corrected chi connectivity index (χ4v) is 3.11. The minimum atomic E-state index is -1.82. The van der Waals surface area contributed by atoms with Gasteiger partial charge in [0.05, 0.1) is 12.6 Å². The monoisotopic (exact) mass is 421 g/mol. The van der Waals surface area contributed by atoms with Crippen molar-refractivity contribution in [2.24, 2.45) is 5.92 Å². The molecular formula is C20H24FN3O6. The SMILES string of the molecule is CC(c1ncc[nH]c1=O)N1CCC(COc2ccccc2F)CC1.O=C(O)C(=O)O. The molecule has 3 rings (SSSR count). The third-order valence-electron chi connectivity index (χ3n) is 4.82. The van der Waals surface area contributed by atoms with E-state index in [1.165, 1.54) is 6.07 Å². The number of nitrogens with one attached hydrogen (secondary N) is 1. The highest BCUT2D eigenvalue weighted by Gasteiger charge is 2.26. The van der Waals surface area contributed by atoms with Gasteiger partial charge in [0.15, 0.2) is 11.6 Å². The van der Waals surface area contributed by atoms with Gasteiger partial charge in [-0.05, 0) is 50.9 Å². The highest BCUT2D eigenvalue weighted by atomic mass is 19.1. The van der Waals surface area contributed by atoms with E-state index in [4.69, 9.17) is 24.5 Å². The van der Waals surface area contributed by atoms with Crippen LogP contribution in [0.5, 0.6) is 5.75 Å². The summed E-state index contributed by atoms with van der Waals surface area (Å²) in [5.41, 5.74) is 0.425. The molecule has 0 saturated carbocycles. The number of halogens is 1. The van der Waals surface area contributed by atoms with Gasteiger partial charge in [-0.1, -0.05) is 12.1 Å². The molecule has 1 aliphatic heterocycles. The second-order valence-electron chi connectivity index (χ2n) is 6.81. The summed E-state index contributed by atoms with van der Waals surface area (Å²) in [7, 11) is 0. The summed E-state index contributed by atoms with van der Waals surface area (Å²) >= 11 is 0. The lowest BCUT2D eigenvalue weighted by molar-refractivity contribution is -0.159. The van der Waals surface area contributed by atoms with Crippen molar-refractivity contribution in [2.75, 3.05) is 19.7 Å². The molecule has 0 amide bonds. The Kier molecular flexibility index (Phi) is 8.48. The lowest BCUT2D eigenvalue weighted by Crippen LogP contribution is -2.39. The Balaban J connectivity index is 0.000000469. The first-order chi connectivity index (χ1) is 14.3. The molecule has 1 atom stereocenters. The number of para-hydroxylation sites is 1. The summed E-state index contributed by atoms with van der Waals surface area (Å²) in [6.07, 6.45) is 5.08. The summed E-state index contributed by atoms with van der Waals surface area (Å²) in [6.45, 7) is 4.28. The van der Waals surface area contributed by atoms with Crippen LogP contribution >= 0.6 is 0 Å². The second kappa shape index (κ2) is 11.1. The fraction of sp³-hybridized carbons (Fsp3) is 0.400. The number of H-pyrrole nitrogens is 1. The van der Waals surface area contributed by atoms with E-state index in [0.717, 1.165) is 25.9 Å². The van der Waals surface area contributed by atoms with E-state index >= 15 is 0 Å². The van der Waals surface area contributed by atoms with Gasteiger partial charge < -0.3 is 19.9 Å². The molecule has 1 aromatic carbocycles. The number of aliphatic carboxylic acids is 2. The Morgan fingerprint density at radius 1 is 1.27 bits per heavy atom. The van der Waals surface area contributed by atoms with Gasteiger partial charge in [-0.2, -0.15) is 0 Å². The summed E-state index contributed by atoms with van der Waals surface area (Å²) in [6, 6.07) is 6.47. The van der Waals surface area contributed by atoms with Gasteiger partial charge in [0.25, 0.3) is 5.56 Å². The van der Waals surface area contributed by atoms with E-state index < -0.39 is 11.9 Å². The number of carbonyl (C=O) groups is 2. The third-order valence-corrected chi connectivity index (χ3v) is 4.82. The summed E-state index contributed by atoms with van der Waals surface area (Å²) in [5.74, 6) is -3.26. The number of carboxylic acid groups (broad SMARTS) is 2. The van der Waals surface area contributed by atoms with Crippen molar-refractivity contribution in [1.82, 2.24) is 14.9 Å². The number of hydrogen-bond donors (Lipinski definition) is 3. The van der Waals surface area contributed by atoms with Crippen LogP contribution < -0.4 is 10.3 Å². The molecule has 9 nitrogen and oxygen atoms in total. The highest BCUT2D eigenvalue weighted by molar-refractivity contribution is 6.27. The number of aromatic nitrogens is 2. The zero-order valence-corrected chi connectivity index (χ0v) is 16.5. The first kappa shape index (κ1) is 23.0. The lowest BCUT2D eigenvalue weighted by atomic mass is 9.96. The number of carboxylic acids is 2. The van der Waals surface area contributed by atoms with Crippen LogP contribution in [0.3, 0.4) is 0 Å². The molecule has 30 heavy (non-hydrogen) atoms. The van der Waals surface area contributed by atoms with Gasteiger partial charge in [0.1, 0.15) is 5.69 Å². The zero-order valence-electron chi connectivity index (χ0n) is 16.5. The summed E-state index contributed by atoms with van der Waals surface area (Å²) in [4.78, 5) is 39.2. The molecule has 0 spiro atoms. The minimum absolute atomic E-state index is 0.0108. The normalized spacial score (nSPS) is 15.5. The van der Waals surface area contributed by atoms with Crippen LogP contribution in [-0.2, 0) is 9.59 Å². The minimum Gasteiger partial charge on any atom is -0.490 e. The molecule has 162 valence electrons. The Hall–Kier alpha value is -3.27. The number of benzene rings is 1. The Labute approximate surface area is 172 Å². The topological polar surface area (TPSA) is 133 Å². The van der Waals surface area contributed by atoms with Crippen molar-refractivity contribution in [1.29, 1.82) is 0 Å². The van der Waals surface area contributed by atoms with Crippen molar-refractivity contribution in [3.8, 4) is 5.75 Å². The summed E-state index contributed by atoms with van der Waals surface area (Å²) < 4.78 is 19.2. The molecule has 0 radical (unpaired) electrons. The standard InChI is InChI=1S/C18H22FN3O2.C2H2O4/c1-13(17-18(23)21-9-8-20-17)22-10-6-14(7-11-22)12-24-16-5-3-2-4-15(16)19;3-1(4)2(5)6/h2-5,8-9,13-14H,6-7,10-12H2,1H3,(H,21,23);(H,3,4)(H,5,6). The van der Waals surface area contributed by atoms with Crippen LogP contribution in [0.15, 0.2) is 41.5 Å². The Morgan fingerprint density at radius 3 is 2.47 bits per heavy atom. The largest absolute Gasteiger partial charge is 0.490 e. The van der Waals surface area contributed by atoms with Crippen LogP contribution in [0, 0.1) is 11.7 Å². The molecule has 1 aromatic heterocycles. The molecule has 1 saturated heterocycles. The van der Waals surface area contributed by atoms with Crippen molar-refractivity contribution in [3.05, 3.63) is 58.5 Å². The number of hydrogen-bond acceptors (Lipinski definition) is 6. The number of rotatable bonds is 5. The average Bonchev–Trinajstić information content (AvgIpc) is 2.74. The molecule has 2 aromatic rings. The number of aromatic amines is 1. The first-order valence-corrected chi connectivity index (χ1v) is 9.40. The van der Waals surface area contributed by atoms with Gasteiger partial charge >= 0.3 is 11.9 Å². The molecular weight excluding hydrogens is 397 g/mol. The Bertz CT molecular complexity index is 899. The molecule has 1 aliphatic rings. The van der Waals surface area contributed by atoms with E-state index in [2.05, 4.69) is 14.9 Å². The Morgan fingerprint density at radius 2 is 1.90 bits per heavy atom. The third kappa shape index (κ3) is 6.66. The molecule has 3 N–H and O–H groups in total. The number of nitrogens with zero attached hydrogens (tertiary/aromatic N) is 2. The molecule has 2 heterocycles. The van der Waals surface area contributed by atoms with Crippen LogP contribution in [0.4, 0.5) is 4.39 Å².